The predicted molar refractivity (Wildman–Crippen MR) is 98.1 cm³/mol. The molecule has 0 bridgehead atoms. The molecule has 0 aromatic heterocycles. The summed E-state index contributed by atoms with van der Waals surface area (Å²) in [7, 11) is 0. The van der Waals surface area contributed by atoms with Gasteiger partial charge in [-0.1, -0.05) is 24.3 Å². The molecule has 0 aliphatic heterocycles. The molecular weight excluding hydrogens is 348 g/mol. The Labute approximate surface area is 156 Å². The fourth-order valence-electron chi connectivity index (χ4n) is 2.16. The second-order valence-corrected chi connectivity index (χ2v) is 5.89. The average Bonchev–Trinajstić information content (AvgIpc) is 2.67. The summed E-state index contributed by atoms with van der Waals surface area (Å²) in [6.45, 7) is 2.82. The number of rotatable bonds is 6. The quantitative estimate of drug-likeness (QED) is 0.753. The van der Waals surface area contributed by atoms with E-state index in [0.29, 0.717) is 11.1 Å². The standard InChI is InChI=1S/C20H20N2O5/c1-13-8-9-16(10-14(13)2)19(25)21-11-18(24)27-12-17(23)22-20(26)15-6-4-3-5-7-15/h3-10H,11-12H2,1-2H3,(H,21,25)(H,22,23,26). The summed E-state index contributed by atoms with van der Waals surface area (Å²) < 4.78 is 4.75. The summed E-state index contributed by atoms with van der Waals surface area (Å²) in [5.41, 5.74) is 2.77. The molecule has 0 spiro atoms. The van der Waals surface area contributed by atoms with Crippen molar-refractivity contribution in [3.8, 4) is 0 Å². The summed E-state index contributed by atoms with van der Waals surface area (Å²) in [4.78, 5) is 47.1. The van der Waals surface area contributed by atoms with Crippen LogP contribution in [0.2, 0.25) is 0 Å². The topological polar surface area (TPSA) is 102 Å². The van der Waals surface area contributed by atoms with E-state index in [-0.39, 0.29) is 6.54 Å². The monoisotopic (exact) mass is 368 g/mol. The Morgan fingerprint density at radius 3 is 2.22 bits per heavy atom. The van der Waals surface area contributed by atoms with E-state index >= 15 is 0 Å². The van der Waals surface area contributed by atoms with Crippen molar-refractivity contribution in [2.75, 3.05) is 13.2 Å². The lowest BCUT2D eigenvalue weighted by Crippen LogP contribution is -2.36. The van der Waals surface area contributed by atoms with Gasteiger partial charge in [0, 0.05) is 11.1 Å². The van der Waals surface area contributed by atoms with Gasteiger partial charge in [-0.25, -0.2) is 0 Å². The van der Waals surface area contributed by atoms with Gasteiger partial charge in [0.25, 0.3) is 17.7 Å². The molecule has 2 N–H and O–H groups in total. The average molecular weight is 368 g/mol. The number of carbonyl (C=O) groups is 4. The summed E-state index contributed by atoms with van der Waals surface area (Å²) >= 11 is 0. The van der Waals surface area contributed by atoms with E-state index in [0.717, 1.165) is 11.1 Å². The Kier molecular flexibility index (Phi) is 6.82. The number of ether oxygens (including phenoxy) is 1. The van der Waals surface area contributed by atoms with Gasteiger partial charge >= 0.3 is 5.97 Å². The van der Waals surface area contributed by atoms with Gasteiger partial charge in [0.05, 0.1) is 0 Å². The fourth-order valence-corrected chi connectivity index (χ4v) is 2.16. The normalized spacial score (nSPS) is 10.0. The van der Waals surface area contributed by atoms with Gasteiger partial charge in [-0.2, -0.15) is 0 Å². The lowest BCUT2D eigenvalue weighted by atomic mass is 10.1. The van der Waals surface area contributed by atoms with E-state index < -0.39 is 30.3 Å². The van der Waals surface area contributed by atoms with Crippen molar-refractivity contribution in [3.63, 3.8) is 0 Å². The maximum atomic E-state index is 12.0. The van der Waals surface area contributed by atoms with E-state index in [2.05, 4.69) is 10.6 Å². The Morgan fingerprint density at radius 1 is 0.852 bits per heavy atom. The van der Waals surface area contributed by atoms with Crippen LogP contribution in [0, 0.1) is 13.8 Å². The van der Waals surface area contributed by atoms with E-state index in [1.165, 1.54) is 0 Å². The zero-order valence-electron chi connectivity index (χ0n) is 15.1. The van der Waals surface area contributed by atoms with Crippen molar-refractivity contribution in [1.82, 2.24) is 10.6 Å². The summed E-state index contributed by atoms with van der Waals surface area (Å²) in [6, 6.07) is 13.4. The molecule has 0 atom stereocenters. The molecule has 0 heterocycles. The first-order valence-corrected chi connectivity index (χ1v) is 8.27. The van der Waals surface area contributed by atoms with Crippen LogP contribution in [0.1, 0.15) is 31.8 Å². The van der Waals surface area contributed by atoms with Gasteiger partial charge in [-0.05, 0) is 49.2 Å². The van der Waals surface area contributed by atoms with E-state index in [9.17, 15) is 19.2 Å². The maximum Gasteiger partial charge on any atom is 0.325 e. The van der Waals surface area contributed by atoms with Crippen molar-refractivity contribution in [2.24, 2.45) is 0 Å². The van der Waals surface area contributed by atoms with Crippen LogP contribution >= 0.6 is 0 Å². The van der Waals surface area contributed by atoms with Crippen molar-refractivity contribution in [1.29, 1.82) is 0 Å². The third-order valence-corrected chi connectivity index (χ3v) is 3.82. The molecule has 0 saturated heterocycles. The number of carbonyl (C=O) groups excluding carboxylic acids is 4. The molecule has 2 aromatic carbocycles. The Hall–Kier alpha value is -3.48. The third kappa shape index (κ3) is 6.07. The first-order valence-electron chi connectivity index (χ1n) is 8.27. The van der Waals surface area contributed by atoms with Crippen LogP contribution in [0.5, 0.6) is 0 Å². The molecule has 7 heteroatoms. The maximum absolute atomic E-state index is 12.0. The number of amides is 3. The molecule has 0 unspecified atom stereocenters. The molecule has 2 aromatic rings. The minimum Gasteiger partial charge on any atom is -0.454 e. The summed E-state index contributed by atoms with van der Waals surface area (Å²) in [5.74, 6) is -2.54. The minimum atomic E-state index is -0.783. The first-order chi connectivity index (χ1) is 12.9. The second kappa shape index (κ2) is 9.28. The minimum absolute atomic E-state index is 0.317. The highest BCUT2D eigenvalue weighted by molar-refractivity contribution is 6.05. The molecule has 0 aliphatic rings. The van der Waals surface area contributed by atoms with Crippen LogP contribution < -0.4 is 10.6 Å². The molecular formula is C20H20N2O5. The highest BCUT2D eigenvalue weighted by atomic mass is 16.5. The Bertz CT molecular complexity index is 862. The molecule has 0 aliphatic carbocycles. The molecule has 140 valence electrons. The van der Waals surface area contributed by atoms with Crippen LogP contribution in [0.25, 0.3) is 0 Å². The predicted octanol–water partition coefficient (Wildman–Crippen LogP) is 1.53. The summed E-state index contributed by atoms with van der Waals surface area (Å²) in [6.07, 6.45) is 0. The highest BCUT2D eigenvalue weighted by Crippen LogP contribution is 2.09. The Balaban J connectivity index is 1.74. The number of imide groups is 1. The SMILES string of the molecule is Cc1ccc(C(=O)NCC(=O)OCC(=O)NC(=O)c2ccccc2)cc1C. The number of nitrogens with one attached hydrogen (secondary N) is 2. The smallest absolute Gasteiger partial charge is 0.325 e. The highest BCUT2D eigenvalue weighted by Gasteiger charge is 2.13. The van der Waals surface area contributed by atoms with E-state index in [1.807, 2.05) is 19.9 Å². The van der Waals surface area contributed by atoms with Crippen LogP contribution in [0.4, 0.5) is 0 Å². The van der Waals surface area contributed by atoms with Crippen LogP contribution in [0.15, 0.2) is 48.5 Å². The first kappa shape index (κ1) is 19.8. The van der Waals surface area contributed by atoms with Crippen molar-refractivity contribution >= 4 is 23.7 Å². The number of hydrogen-bond donors (Lipinski definition) is 2. The van der Waals surface area contributed by atoms with E-state index in [4.69, 9.17) is 4.74 Å². The van der Waals surface area contributed by atoms with Crippen LogP contribution in [-0.2, 0) is 14.3 Å². The fraction of sp³-hybridized carbons (Fsp3) is 0.200. The van der Waals surface area contributed by atoms with Crippen molar-refractivity contribution in [2.45, 2.75) is 13.8 Å². The molecule has 27 heavy (non-hydrogen) atoms. The zero-order chi connectivity index (χ0) is 19.8. The largest absolute Gasteiger partial charge is 0.454 e. The number of benzene rings is 2. The van der Waals surface area contributed by atoms with Gasteiger partial charge in [0.15, 0.2) is 6.61 Å². The number of aryl methyl sites for hydroxylation is 2. The zero-order valence-corrected chi connectivity index (χ0v) is 15.1. The van der Waals surface area contributed by atoms with Gasteiger partial charge < -0.3 is 10.1 Å². The van der Waals surface area contributed by atoms with Crippen LogP contribution in [0.3, 0.4) is 0 Å². The van der Waals surface area contributed by atoms with Crippen LogP contribution in [-0.4, -0.2) is 36.8 Å². The molecule has 7 nitrogen and oxygen atoms in total. The van der Waals surface area contributed by atoms with Gasteiger partial charge in [-0.15, -0.1) is 0 Å². The molecule has 3 amide bonds. The second-order valence-electron chi connectivity index (χ2n) is 5.89. The number of esters is 1. The van der Waals surface area contributed by atoms with Gasteiger partial charge in [0.2, 0.25) is 0 Å². The third-order valence-electron chi connectivity index (χ3n) is 3.82. The molecule has 2 rings (SSSR count). The van der Waals surface area contributed by atoms with Gasteiger partial charge in [0.1, 0.15) is 6.54 Å². The van der Waals surface area contributed by atoms with Crippen molar-refractivity contribution < 1.29 is 23.9 Å². The van der Waals surface area contributed by atoms with E-state index in [1.54, 1.807) is 42.5 Å². The number of hydrogen-bond acceptors (Lipinski definition) is 5. The van der Waals surface area contributed by atoms with Crippen molar-refractivity contribution in [3.05, 3.63) is 70.8 Å². The summed E-state index contributed by atoms with van der Waals surface area (Å²) in [5, 5.41) is 4.54. The lowest BCUT2D eigenvalue weighted by molar-refractivity contribution is -0.147. The molecule has 0 fully saturated rings. The molecule has 0 saturated carbocycles. The Morgan fingerprint density at radius 2 is 1.56 bits per heavy atom. The lowest BCUT2D eigenvalue weighted by Gasteiger charge is -2.08. The molecule has 0 radical (unpaired) electrons. The van der Waals surface area contributed by atoms with Gasteiger partial charge in [-0.3, -0.25) is 24.5 Å².